The Morgan fingerprint density at radius 3 is 1.69 bits per heavy atom. The van der Waals surface area contributed by atoms with Gasteiger partial charge in [0.15, 0.2) is 17.2 Å². The average molecular weight is 470 g/mol. The van der Waals surface area contributed by atoms with Crippen LogP contribution in [-0.2, 0) is 0 Å². The third-order valence-corrected chi connectivity index (χ3v) is 6.32. The van der Waals surface area contributed by atoms with Crippen molar-refractivity contribution in [3.63, 3.8) is 0 Å². The summed E-state index contributed by atoms with van der Waals surface area (Å²) in [6.07, 6.45) is 0. The van der Waals surface area contributed by atoms with Crippen molar-refractivity contribution in [2.24, 2.45) is 0 Å². The largest absolute Gasteiger partial charge is 0.508 e. The van der Waals surface area contributed by atoms with Crippen molar-refractivity contribution in [2.45, 2.75) is 41.5 Å². The Morgan fingerprint density at radius 2 is 1.11 bits per heavy atom. The molecule has 4 aromatic rings. The second-order valence-corrected chi connectivity index (χ2v) is 9.14. The normalized spacial score (nSPS) is 10.9. The topological polar surface area (TPSA) is 73.2 Å². The highest BCUT2D eigenvalue weighted by molar-refractivity contribution is 5.85. The quantitative estimate of drug-likeness (QED) is 0.277. The predicted octanol–water partition coefficient (Wildman–Crippen LogP) is 7.92. The van der Waals surface area contributed by atoms with E-state index < -0.39 is 0 Å². The minimum Gasteiger partial charge on any atom is -0.508 e. The second kappa shape index (κ2) is 9.26. The first-order chi connectivity index (χ1) is 16.6. The number of nitrogens with zero attached hydrogens (tertiary/aromatic N) is 1. The Bertz CT molecular complexity index is 1370. The summed E-state index contributed by atoms with van der Waals surface area (Å²) >= 11 is 0. The highest BCUT2D eigenvalue weighted by Crippen LogP contribution is 2.48. The van der Waals surface area contributed by atoms with Crippen molar-refractivity contribution in [3.05, 3.63) is 94.0 Å². The molecule has 4 aromatic carbocycles. The van der Waals surface area contributed by atoms with Crippen molar-refractivity contribution < 1.29 is 20.1 Å². The van der Waals surface area contributed by atoms with E-state index in [4.69, 9.17) is 4.74 Å². The van der Waals surface area contributed by atoms with Gasteiger partial charge >= 0.3 is 0 Å². The highest BCUT2D eigenvalue weighted by atomic mass is 16.5. The second-order valence-electron chi connectivity index (χ2n) is 9.14. The van der Waals surface area contributed by atoms with Crippen LogP contribution in [0.5, 0.6) is 28.7 Å². The van der Waals surface area contributed by atoms with Crippen LogP contribution in [-0.4, -0.2) is 15.3 Å². The van der Waals surface area contributed by atoms with Crippen molar-refractivity contribution in [2.75, 3.05) is 4.90 Å². The molecule has 0 radical (unpaired) electrons. The van der Waals surface area contributed by atoms with Crippen LogP contribution in [0, 0.1) is 41.5 Å². The molecule has 180 valence electrons. The fourth-order valence-electron chi connectivity index (χ4n) is 4.23. The molecule has 0 saturated heterocycles. The number of hydrogen-bond donors (Lipinski definition) is 3. The fourth-order valence-corrected chi connectivity index (χ4v) is 4.23. The summed E-state index contributed by atoms with van der Waals surface area (Å²) in [6.45, 7) is 11.3. The van der Waals surface area contributed by atoms with E-state index >= 15 is 0 Å². The molecular formula is C30H31NO4. The number of benzene rings is 4. The van der Waals surface area contributed by atoms with Gasteiger partial charge in [-0.15, -0.1) is 0 Å². The molecule has 4 rings (SSSR count). The molecule has 0 atom stereocenters. The maximum Gasteiger partial charge on any atom is 0.172 e. The number of hydrogen-bond acceptors (Lipinski definition) is 5. The van der Waals surface area contributed by atoms with Gasteiger partial charge in [-0.05, 0) is 100 Å². The zero-order valence-electron chi connectivity index (χ0n) is 21.0. The number of phenols is 3. The molecule has 0 aromatic heterocycles. The Hall–Kier alpha value is -4.12. The molecule has 5 heteroatoms. The SMILES string of the molecule is Cc1cc(O)c(C)c(N(c2ccccc2Oc2c(C)ccc(C)c2O)c2cc(C)cc(O)c2C)c1. The van der Waals surface area contributed by atoms with E-state index in [-0.39, 0.29) is 17.2 Å². The summed E-state index contributed by atoms with van der Waals surface area (Å²) in [4.78, 5) is 1.99. The smallest absolute Gasteiger partial charge is 0.172 e. The maximum absolute atomic E-state index is 10.7. The molecule has 0 aliphatic carbocycles. The van der Waals surface area contributed by atoms with Crippen molar-refractivity contribution in [3.8, 4) is 28.7 Å². The van der Waals surface area contributed by atoms with Crippen LogP contribution in [0.25, 0.3) is 0 Å². The van der Waals surface area contributed by atoms with Gasteiger partial charge in [0, 0.05) is 11.1 Å². The minimum absolute atomic E-state index is 0.0973. The van der Waals surface area contributed by atoms with Crippen molar-refractivity contribution in [1.82, 2.24) is 0 Å². The first-order valence-corrected chi connectivity index (χ1v) is 11.5. The highest BCUT2D eigenvalue weighted by Gasteiger charge is 2.24. The molecule has 35 heavy (non-hydrogen) atoms. The fraction of sp³-hybridized carbons (Fsp3) is 0.200. The van der Waals surface area contributed by atoms with Gasteiger partial charge in [0.05, 0.1) is 17.1 Å². The zero-order valence-corrected chi connectivity index (χ0v) is 21.0. The number of anilines is 3. The van der Waals surface area contributed by atoms with E-state index in [1.54, 1.807) is 12.1 Å². The third-order valence-electron chi connectivity index (χ3n) is 6.32. The van der Waals surface area contributed by atoms with Gasteiger partial charge < -0.3 is 25.0 Å². The summed E-state index contributed by atoms with van der Waals surface area (Å²) in [5, 5.41) is 32.1. The Kier molecular flexibility index (Phi) is 6.35. The lowest BCUT2D eigenvalue weighted by Gasteiger charge is -2.31. The molecule has 3 N–H and O–H groups in total. The third kappa shape index (κ3) is 4.50. The van der Waals surface area contributed by atoms with E-state index in [1.807, 2.05) is 95.0 Å². The lowest BCUT2D eigenvalue weighted by atomic mass is 10.0. The maximum atomic E-state index is 10.7. The van der Waals surface area contributed by atoms with Crippen LogP contribution < -0.4 is 9.64 Å². The number of ether oxygens (including phenoxy) is 1. The number of rotatable bonds is 5. The van der Waals surface area contributed by atoms with E-state index in [9.17, 15) is 15.3 Å². The Morgan fingerprint density at radius 1 is 0.600 bits per heavy atom. The van der Waals surface area contributed by atoms with Crippen LogP contribution in [0.1, 0.15) is 33.4 Å². The van der Waals surface area contributed by atoms with E-state index in [2.05, 4.69) is 0 Å². The Balaban J connectivity index is 2.01. The molecule has 0 fully saturated rings. The monoisotopic (exact) mass is 469 g/mol. The molecule has 0 unspecified atom stereocenters. The molecule has 0 amide bonds. The zero-order chi connectivity index (χ0) is 25.4. The predicted molar refractivity (Wildman–Crippen MR) is 141 cm³/mol. The number of aromatic hydroxyl groups is 3. The van der Waals surface area contributed by atoms with Crippen LogP contribution in [0.15, 0.2) is 60.7 Å². The summed E-state index contributed by atoms with van der Waals surface area (Å²) in [5.74, 6) is 1.39. The van der Waals surface area contributed by atoms with Crippen LogP contribution in [0.4, 0.5) is 17.1 Å². The summed E-state index contributed by atoms with van der Waals surface area (Å²) in [7, 11) is 0. The minimum atomic E-state index is 0.0973. The first-order valence-electron chi connectivity index (χ1n) is 11.5. The molecular weight excluding hydrogens is 438 g/mol. The standard InChI is InChI=1S/C30H31NO4/c1-17-13-24(21(5)26(32)15-17)31(25-14-18(2)16-27(33)22(25)6)23-9-7-8-10-28(23)35-30-20(4)12-11-19(3)29(30)34/h7-16,32-34H,1-6H3. The van der Waals surface area contributed by atoms with Crippen molar-refractivity contribution >= 4 is 17.1 Å². The molecule has 0 spiro atoms. The number of para-hydroxylation sites is 2. The molecule has 0 aliphatic rings. The summed E-state index contributed by atoms with van der Waals surface area (Å²) in [6, 6.07) is 18.8. The molecule has 5 nitrogen and oxygen atoms in total. The van der Waals surface area contributed by atoms with Crippen LogP contribution >= 0.6 is 0 Å². The van der Waals surface area contributed by atoms with E-state index in [0.717, 1.165) is 33.6 Å². The van der Waals surface area contributed by atoms with Gasteiger partial charge in [-0.2, -0.15) is 0 Å². The van der Waals surface area contributed by atoms with Gasteiger partial charge in [-0.1, -0.05) is 24.3 Å². The molecule has 0 bridgehead atoms. The van der Waals surface area contributed by atoms with E-state index in [1.165, 1.54) is 0 Å². The lowest BCUT2D eigenvalue weighted by molar-refractivity contribution is 0.407. The molecule has 0 heterocycles. The van der Waals surface area contributed by atoms with Gasteiger partial charge in [0.2, 0.25) is 0 Å². The van der Waals surface area contributed by atoms with Gasteiger partial charge in [0.25, 0.3) is 0 Å². The number of phenolic OH excluding ortho intramolecular Hbond substituents is 3. The summed E-state index contributed by atoms with van der Waals surface area (Å²) < 4.78 is 6.36. The Labute approximate surface area is 206 Å². The van der Waals surface area contributed by atoms with Crippen LogP contribution in [0.2, 0.25) is 0 Å². The average Bonchev–Trinajstić information content (AvgIpc) is 2.81. The number of aryl methyl sites for hydroxylation is 4. The van der Waals surface area contributed by atoms with Crippen LogP contribution in [0.3, 0.4) is 0 Å². The summed E-state index contributed by atoms with van der Waals surface area (Å²) in [5.41, 5.74) is 6.94. The van der Waals surface area contributed by atoms with Gasteiger partial charge in [0.1, 0.15) is 11.5 Å². The van der Waals surface area contributed by atoms with Gasteiger partial charge in [-0.3, -0.25) is 0 Å². The van der Waals surface area contributed by atoms with E-state index in [0.29, 0.717) is 28.3 Å². The van der Waals surface area contributed by atoms with Crippen molar-refractivity contribution in [1.29, 1.82) is 0 Å². The lowest BCUT2D eigenvalue weighted by Crippen LogP contribution is -2.14. The molecule has 0 saturated carbocycles. The van der Waals surface area contributed by atoms with Gasteiger partial charge in [-0.25, -0.2) is 0 Å². The molecule has 0 aliphatic heterocycles. The first kappa shape index (κ1) is 24.0.